The average Bonchev–Trinajstić information content (AvgIpc) is 2.48. The minimum absolute atomic E-state index is 0.0397. The van der Waals surface area contributed by atoms with E-state index in [-0.39, 0.29) is 17.8 Å². The minimum Gasteiger partial charge on any atom is -0.392 e. The predicted molar refractivity (Wildman–Crippen MR) is 80.6 cm³/mol. The van der Waals surface area contributed by atoms with Crippen molar-refractivity contribution in [1.29, 1.82) is 0 Å². The van der Waals surface area contributed by atoms with Crippen LogP contribution in [0.1, 0.15) is 12.5 Å². The number of aromatic nitrogens is 1. The Hall–Kier alpha value is -1.85. The van der Waals surface area contributed by atoms with Crippen LogP contribution in [0.4, 0.5) is 5.69 Å². The molecule has 4 nitrogen and oxygen atoms in total. The molecule has 0 radical (unpaired) electrons. The summed E-state index contributed by atoms with van der Waals surface area (Å²) in [7, 11) is 0. The van der Waals surface area contributed by atoms with E-state index in [0.29, 0.717) is 5.69 Å². The highest BCUT2D eigenvalue weighted by Crippen LogP contribution is 2.22. The number of hydrogen-bond acceptors (Lipinski definition) is 4. The summed E-state index contributed by atoms with van der Waals surface area (Å²) < 4.78 is 0. The number of amides is 1. The van der Waals surface area contributed by atoms with Crippen LogP contribution in [0.3, 0.4) is 0 Å². The number of aliphatic hydroxyl groups is 1. The van der Waals surface area contributed by atoms with E-state index < -0.39 is 0 Å². The number of pyridine rings is 1. The van der Waals surface area contributed by atoms with E-state index in [1.807, 2.05) is 31.2 Å². The number of thioether (sulfide) groups is 1. The van der Waals surface area contributed by atoms with Gasteiger partial charge in [-0.05, 0) is 36.8 Å². The molecule has 0 aliphatic carbocycles. The summed E-state index contributed by atoms with van der Waals surface area (Å²) in [6, 6.07) is 12.8. The number of carbonyl (C=O) groups excluding carboxylic acids is 1. The first-order valence-electron chi connectivity index (χ1n) is 6.27. The first-order chi connectivity index (χ1) is 9.69. The van der Waals surface area contributed by atoms with E-state index in [4.69, 9.17) is 5.11 Å². The number of carbonyl (C=O) groups is 1. The third-order valence-corrected chi connectivity index (χ3v) is 3.73. The average molecular weight is 288 g/mol. The summed E-state index contributed by atoms with van der Waals surface area (Å²) in [6.07, 6.45) is 1.71. The summed E-state index contributed by atoms with van der Waals surface area (Å²) >= 11 is 1.41. The van der Waals surface area contributed by atoms with E-state index in [2.05, 4.69) is 10.3 Å². The van der Waals surface area contributed by atoms with E-state index in [0.717, 1.165) is 10.6 Å². The van der Waals surface area contributed by atoms with E-state index in [1.54, 1.807) is 24.4 Å². The molecule has 0 aliphatic rings. The fourth-order valence-electron chi connectivity index (χ4n) is 1.64. The van der Waals surface area contributed by atoms with E-state index in [1.165, 1.54) is 11.8 Å². The second kappa shape index (κ2) is 7.07. The lowest BCUT2D eigenvalue weighted by atomic mass is 10.2. The van der Waals surface area contributed by atoms with Crippen LogP contribution in [-0.4, -0.2) is 21.2 Å². The second-order valence-corrected chi connectivity index (χ2v) is 5.64. The van der Waals surface area contributed by atoms with Gasteiger partial charge in [0.25, 0.3) is 0 Å². The highest BCUT2D eigenvalue weighted by Gasteiger charge is 2.15. The summed E-state index contributed by atoms with van der Waals surface area (Å²) in [5.74, 6) is -0.0873. The van der Waals surface area contributed by atoms with Crippen LogP contribution in [0.25, 0.3) is 0 Å². The van der Waals surface area contributed by atoms with Gasteiger partial charge in [0.15, 0.2) is 0 Å². The van der Waals surface area contributed by atoms with Crippen molar-refractivity contribution in [2.75, 3.05) is 5.32 Å². The SMILES string of the molecule is CC(Sc1ccccn1)C(=O)Nc1cccc(CO)c1. The lowest BCUT2D eigenvalue weighted by Gasteiger charge is -2.12. The van der Waals surface area contributed by atoms with Crippen LogP contribution in [0, 0.1) is 0 Å². The van der Waals surface area contributed by atoms with Crippen LogP contribution in [0.2, 0.25) is 0 Å². The molecule has 1 unspecified atom stereocenters. The summed E-state index contributed by atoms with van der Waals surface area (Å²) in [5, 5.41) is 12.5. The number of rotatable bonds is 5. The van der Waals surface area contributed by atoms with Gasteiger partial charge in [-0.1, -0.05) is 30.0 Å². The van der Waals surface area contributed by atoms with Crippen molar-refractivity contribution in [3.8, 4) is 0 Å². The molecule has 20 heavy (non-hydrogen) atoms. The number of nitrogens with one attached hydrogen (secondary N) is 1. The molecule has 1 aromatic heterocycles. The summed E-state index contributed by atoms with van der Waals surface area (Å²) in [4.78, 5) is 16.3. The van der Waals surface area contributed by atoms with Gasteiger partial charge in [0.1, 0.15) is 0 Å². The Labute approximate surface area is 122 Å². The molecule has 2 rings (SSSR count). The van der Waals surface area contributed by atoms with E-state index >= 15 is 0 Å². The monoisotopic (exact) mass is 288 g/mol. The van der Waals surface area contributed by atoms with Crippen molar-refractivity contribution in [2.24, 2.45) is 0 Å². The topological polar surface area (TPSA) is 62.2 Å². The van der Waals surface area contributed by atoms with Crippen molar-refractivity contribution in [3.05, 3.63) is 54.2 Å². The smallest absolute Gasteiger partial charge is 0.237 e. The largest absolute Gasteiger partial charge is 0.392 e. The van der Waals surface area contributed by atoms with Crippen LogP contribution in [0.15, 0.2) is 53.7 Å². The van der Waals surface area contributed by atoms with Gasteiger partial charge in [-0.2, -0.15) is 0 Å². The Balaban J connectivity index is 1.97. The van der Waals surface area contributed by atoms with Gasteiger partial charge in [-0.25, -0.2) is 4.98 Å². The zero-order valence-corrected chi connectivity index (χ0v) is 11.9. The molecule has 104 valence electrons. The molecule has 2 aromatic rings. The molecule has 0 saturated carbocycles. The molecule has 0 spiro atoms. The fourth-order valence-corrected chi connectivity index (χ4v) is 2.45. The molecule has 1 heterocycles. The summed E-state index contributed by atoms with van der Waals surface area (Å²) in [5.41, 5.74) is 1.46. The lowest BCUT2D eigenvalue weighted by Crippen LogP contribution is -2.22. The normalized spacial score (nSPS) is 11.9. The van der Waals surface area contributed by atoms with Crippen LogP contribution in [0.5, 0.6) is 0 Å². The lowest BCUT2D eigenvalue weighted by molar-refractivity contribution is -0.115. The number of nitrogens with zero attached hydrogens (tertiary/aromatic N) is 1. The van der Waals surface area contributed by atoms with Crippen LogP contribution < -0.4 is 5.32 Å². The molecule has 0 bridgehead atoms. The van der Waals surface area contributed by atoms with Gasteiger partial charge in [0.2, 0.25) is 5.91 Å². The third kappa shape index (κ3) is 4.08. The van der Waals surface area contributed by atoms with E-state index in [9.17, 15) is 4.79 Å². The van der Waals surface area contributed by atoms with Gasteiger partial charge < -0.3 is 10.4 Å². The quantitative estimate of drug-likeness (QED) is 0.830. The van der Waals surface area contributed by atoms with Crippen molar-refractivity contribution in [2.45, 2.75) is 23.8 Å². The van der Waals surface area contributed by atoms with Crippen molar-refractivity contribution >= 4 is 23.4 Å². The molecule has 1 amide bonds. The van der Waals surface area contributed by atoms with Gasteiger partial charge in [0, 0.05) is 11.9 Å². The highest BCUT2D eigenvalue weighted by atomic mass is 32.2. The Morgan fingerprint density at radius 1 is 1.35 bits per heavy atom. The van der Waals surface area contributed by atoms with Gasteiger partial charge in [-0.3, -0.25) is 4.79 Å². The molecular formula is C15H16N2O2S. The zero-order valence-electron chi connectivity index (χ0n) is 11.1. The second-order valence-electron chi connectivity index (χ2n) is 4.28. The predicted octanol–water partition coefficient (Wildman–Crippen LogP) is 2.69. The highest BCUT2D eigenvalue weighted by molar-refractivity contribution is 8.00. The van der Waals surface area contributed by atoms with Gasteiger partial charge in [0.05, 0.1) is 16.9 Å². The minimum atomic E-state index is -0.248. The van der Waals surface area contributed by atoms with Crippen LogP contribution in [-0.2, 0) is 11.4 Å². The van der Waals surface area contributed by atoms with Gasteiger partial charge >= 0.3 is 0 Å². The fraction of sp³-hybridized carbons (Fsp3) is 0.200. The van der Waals surface area contributed by atoms with Crippen LogP contribution >= 0.6 is 11.8 Å². The Morgan fingerprint density at radius 2 is 2.20 bits per heavy atom. The standard InChI is InChI=1S/C15H16N2O2S/c1-11(20-14-7-2-3-8-16-14)15(19)17-13-6-4-5-12(9-13)10-18/h2-9,11,18H,10H2,1H3,(H,17,19). The Kier molecular flexibility index (Phi) is 5.15. The van der Waals surface area contributed by atoms with Crippen molar-refractivity contribution < 1.29 is 9.90 Å². The Morgan fingerprint density at radius 3 is 2.90 bits per heavy atom. The molecule has 5 heteroatoms. The maximum absolute atomic E-state index is 12.1. The number of hydrogen-bond donors (Lipinski definition) is 2. The molecular weight excluding hydrogens is 272 g/mol. The maximum atomic E-state index is 12.1. The number of aliphatic hydroxyl groups excluding tert-OH is 1. The van der Waals surface area contributed by atoms with Gasteiger partial charge in [-0.15, -0.1) is 0 Å². The summed E-state index contributed by atoms with van der Waals surface area (Å²) in [6.45, 7) is 1.80. The number of benzene rings is 1. The first kappa shape index (κ1) is 14.6. The molecule has 1 atom stereocenters. The maximum Gasteiger partial charge on any atom is 0.237 e. The molecule has 2 N–H and O–H groups in total. The molecule has 0 fully saturated rings. The number of anilines is 1. The molecule has 0 saturated heterocycles. The van der Waals surface area contributed by atoms with Crippen molar-refractivity contribution in [1.82, 2.24) is 4.98 Å². The van der Waals surface area contributed by atoms with Crippen molar-refractivity contribution in [3.63, 3.8) is 0 Å². The zero-order chi connectivity index (χ0) is 14.4. The molecule has 0 aliphatic heterocycles. The first-order valence-corrected chi connectivity index (χ1v) is 7.15. The Bertz CT molecular complexity index is 575. The molecule has 1 aromatic carbocycles. The third-order valence-electron chi connectivity index (χ3n) is 2.68.